The fourth-order valence-electron chi connectivity index (χ4n) is 3.05. The molecule has 0 saturated heterocycles. The highest BCUT2D eigenvalue weighted by atomic mass is 16.5. The van der Waals surface area contributed by atoms with E-state index in [0.717, 1.165) is 12.8 Å². The monoisotopic (exact) mass is 183 g/mol. The van der Waals surface area contributed by atoms with Gasteiger partial charge < -0.3 is 9.64 Å². The molecule has 2 fully saturated rings. The van der Waals surface area contributed by atoms with Crippen LogP contribution in [0.2, 0.25) is 0 Å². The van der Waals surface area contributed by atoms with E-state index in [1.54, 1.807) is 7.11 Å². The Morgan fingerprint density at radius 2 is 2.15 bits per heavy atom. The highest BCUT2D eigenvalue weighted by Gasteiger charge is 2.53. The molecule has 0 spiro atoms. The van der Waals surface area contributed by atoms with Gasteiger partial charge in [-0.2, -0.15) is 0 Å². The topological polar surface area (TPSA) is 29.5 Å². The molecule has 2 aliphatic carbocycles. The third-order valence-corrected chi connectivity index (χ3v) is 3.56. The summed E-state index contributed by atoms with van der Waals surface area (Å²) in [6.45, 7) is 0. The second-order valence-electron chi connectivity index (χ2n) is 4.40. The van der Waals surface area contributed by atoms with Crippen molar-refractivity contribution in [2.24, 2.45) is 11.8 Å². The fraction of sp³-hybridized carbons (Fsp3) is 0.900. The van der Waals surface area contributed by atoms with E-state index in [1.165, 1.54) is 0 Å². The van der Waals surface area contributed by atoms with Crippen LogP contribution >= 0.6 is 0 Å². The molecule has 0 aromatic carbocycles. The molecule has 2 saturated carbocycles. The summed E-state index contributed by atoms with van der Waals surface area (Å²) in [6.07, 6.45) is 1.98. The number of rotatable bonds is 2. The first-order valence-corrected chi connectivity index (χ1v) is 4.87. The molecule has 0 radical (unpaired) electrons. The van der Waals surface area contributed by atoms with Crippen molar-refractivity contribution >= 4 is 5.78 Å². The zero-order valence-electron chi connectivity index (χ0n) is 8.49. The van der Waals surface area contributed by atoms with Gasteiger partial charge in [0.1, 0.15) is 5.78 Å². The quantitative estimate of drug-likeness (QED) is 0.626. The first-order chi connectivity index (χ1) is 6.15. The standard InChI is InChI=1S/C10H17NO2/c1-11(2)10-6-5-9(13-3)7(10)4-8(6)12/h6-7,9-10H,4-5H2,1-3H3. The Bertz CT molecular complexity index is 227. The van der Waals surface area contributed by atoms with Gasteiger partial charge in [0.2, 0.25) is 0 Å². The molecule has 2 bridgehead atoms. The lowest BCUT2D eigenvalue weighted by atomic mass is 9.97. The first kappa shape index (κ1) is 9.16. The molecule has 13 heavy (non-hydrogen) atoms. The van der Waals surface area contributed by atoms with Crippen LogP contribution in [0.3, 0.4) is 0 Å². The summed E-state index contributed by atoms with van der Waals surface area (Å²) in [6, 6.07) is 0.428. The van der Waals surface area contributed by atoms with E-state index in [9.17, 15) is 4.79 Å². The van der Waals surface area contributed by atoms with Crippen molar-refractivity contribution in [3.05, 3.63) is 0 Å². The predicted octanol–water partition coefficient (Wildman–Crippen LogP) is 0.540. The van der Waals surface area contributed by atoms with Crippen molar-refractivity contribution in [1.82, 2.24) is 4.90 Å². The van der Waals surface area contributed by atoms with Crippen LogP contribution < -0.4 is 0 Å². The maximum Gasteiger partial charge on any atom is 0.138 e. The van der Waals surface area contributed by atoms with Gasteiger partial charge in [-0.15, -0.1) is 0 Å². The lowest BCUT2D eigenvalue weighted by molar-refractivity contribution is -0.123. The molecule has 2 aliphatic rings. The van der Waals surface area contributed by atoms with Gasteiger partial charge in [0, 0.05) is 31.4 Å². The van der Waals surface area contributed by atoms with Crippen LogP contribution in [0.1, 0.15) is 12.8 Å². The van der Waals surface area contributed by atoms with Crippen molar-refractivity contribution in [3.8, 4) is 0 Å². The van der Waals surface area contributed by atoms with Crippen molar-refractivity contribution < 1.29 is 9.53 Å². The van der Waals surface area contributed by atoms with Gasteiger partial charge in [-0.05, 0) is 20.5 Å². The number of Topliss-reactive ketones (excluding diaryl/α,β-unsaturated/α-hetero) is 1. The van der Waals surface area contributed by atoms with Crippen LogP contribution in [0.15, 0.2) is 0 Å². The number of ether oxygens (including phenoxy) is 1. The zero-order valence-corrected chi connectivity index (χ0v) is 8.49. The van der Waals surface area contributed by atoms with Gasteiger partial charge in [0.15, 0.2) is 0 Å². The Labute approximate surface area is 79.0 Å². The van der Waals surface area contributed by atoms with Crippen LogP contribution in [0.25, 0.3) is 0 Å². The lowest BCUT2D eigenvalue weighted by Gasteiger charge is -2.24. The molecule has 2 rings (SSSR count). The molecule has 74 valence electrons. The molecule has 4 unspecified atom stereocenters. The number of ketones is 1. The normalized spacial score (nSPS) is 43.5. The summed E-state index contributed by atoms with van der Waals surface area (Å²) < 4.78 is 5.39. The minimum absolute atomic E-state index is 0.241. The van der Waals surface area contributed by atoms with E-state index >= 15 is 0 Å². The molecule has 3 nitrogen and oxygen atoms in total. The van der Waals surface area contributed by atoms with Gasteiger partial charge >= 0.3 is 0 Å². The second-order valence-corrected chi connectivity index (χ2v) is 4.40. The number of hydrogen-bond donors (Lipinski definition) is 0. The summed E-state index contributed by atoms with van der Waals surface area (Å²) in [5.74, 6) is 1.12. The average molecular weight is 183 g/mol. The van der Waals surface area contributed by atoms with E-state index in [-0.39, 0.29) is 5.92 Å². The summed E-state index contributed by atoms with van der Waals surface area (Å²) >= 11 is 0. The maximum atomic E-state index is 11.5. The Morgan fingerprint density at radius 1 is 1.46 bits per heavy atom. The average Bonchev–Trinajstić information content (AvgIpc) is 2.56. The van der Waals surface area contributed by atoms with Crippen molar-refractivity contribution in [3.63, 3.8) is 0 Å². The van der Waals surface area contributed by atoms with Gasteiger partial charge in [-0.1, -0.05) is 0 Å². The highest BCUT2D eigenvalue weighted by Crippen LogP contribution is 2.45. The fourth-order valence-corrected chi connectivity index (χ4v) is 3.05. The van der Waals surface area contributed by atoms with Crippen LogP contribution in [-0.2, 0) is 9.53 Å². The third-order valence-electron chi connectivity index (χ3n) is 3.56. The largest absolute Gasteiger partial charge is 0.381 e. The van der Waals surface area contributed by atoms with Crippen LogP contribution in [0.5, 0.6) is 0 Å². The number of carbonyl (C=O) groups excluding carboxylic acids is 1. The number of fused-ring (bicyclic) bond motifs is 2. The number of carbonyl (C=O) groups is 1. The molecule has 4 atom stereocenters. The second kappa shape index (κ2) is 3.07. The predicted molar refractivity (Wildman–Crippen MR) is 49.5 cm³/mol. The molecular formula is C10H17NO2. The van der Waals surface area contributed by atoms with Crippen molar-refractivity contribution in [1.29, 1.82) is 0 Å². The third kappa shape index (κ3) is 1.22. The van der Waals surface area contributed by atoms with Gasteiger partial charge in [0.05, 0.1) is 6.10 Å². The van der Waals surface area contributed by atoms with E-state index < -0.39 is 0 Å². The number of methoxy groups -OCH3 is 1. The number of nitrogens with zero attached hydrogens (tertiary/aromatic N) is 1. The van der Waals surface area contributed by atoms with E-state index in [1.807, 2.05) is 0 Å². The van der Waals surface area contributed by atoms with Crippen molar-refractivity contribution in [2.75, 3.05) is 21.2 Å². The molecule has 0 aromatic heterocycles. The summed E-state index contributed by atoms with van der Waals surface area (Å²) in [5, 5.41) is 0. The Balaban J connectivity index is 2.18. The molecule has 0 amide bonds. The zero-order chi connectivity index (χ0) is 9.59. The SMILES string of the molecule is COC1CC2C(=O)CC1C2N(C)C. The van der Waals surface area contributed by atoms with E-state index in [2.05, 4.69) is 19.0 Å². The summed E-state index contributed by atoms with van der Waals surface area (Å²) in [5.41, 5.74) is 0. The van der Waals surface area contributed by atoms with Crippen LogP contribution in [-0.4, -0.2) is 44.0 Å². The maximum absolute atomic E-state index is 11.5. The van der Waals surface area contributed by atoms with Gasteiger partial charge in [-0.25, -0.2) is 0 Å². The number of hydrogen-bond acceptors (Lipinski definition) is 3. The Hall–Kier alpha value is -0.410. The molecule has 0 aromatic rings. The highest BCUT2D eigenvalue weighted by molar-refractivity contribution is 5.86. The van der Waals surface area contributed by atoms with Gasteiger partial charge in [-0.3, -0.25) is 4.79 Å². The van der Waals surface area contributed by atoms with Crippen molar-refractivity contribution in [2.45, 2.75) is 25.0 Å². The lowest BCUT2D eigenvalue weighted by Crippen LogP contribution is -2.34. The minimum atomic E-state index is 0.241. The van der Waals surface area contributed by atoms with E-state index in [4.69, 9.17) is 4.74 Å². The summed E-state index contributed by atoms with van der Waals surface area (Å²) in [4.78, 5) is 13.7. The van der Waals surface area contributed by atoms with Gasteiger partial charge in [0.25, 0.3) is 0 Å². The minimum Gasteiger partial charge on any atom is -0.381 e. The van der Waals surface area contributed by atoms with Crippen LogP contribution in [0, 0.1) is 11.8 Å². The Kier molecular flexibility index (Phi) is 2.16. The molecule has 3 heteroatoms. The molecule has 0 N–H and O–H groups in total. The molecular weight excluding hydrogens is 166 g/mol. The van der Waals surface area contributed by atoms with Crippen LogP contribution in [0.4, 0.5) is 0 Å². The van der Waals surface area contributed by atoms with E-state index in [0.29, 0.717) is 23.8 Å². The first-order valence-electron chi connectivity index (χ1n) is 4.87. The molecule has 0 aliphatic heterocycles. The summed E-state index contributed by atoms with van der Waals surface area (Å²) in [7, 11) is 5.87. The smallest absolute Gasteiger partial charge is 0.138 e. The molecule has 0 heterocycles. The Morgan fingerprint density at radius 3 is 2.62 bits per heavy atom.